The Bertz CT molecular complexity index is 1180. The van der Waals surface area contributed by atoms with E-state index < -0.39 is 6.23 Å². The molecular formula is C22H21ClN4O4S. The molecule has 0 saturated heterocycles. The van der Waals surface area contributed by atoms with Crippen LogP contribution in [0.1, 0.15) is 25.6 Å². The third kappa shape index (κ3) is 4.05. The molecule has 0 aliphatic carbocycles. The molecule has 8 nitrogen and oxygen atoms in total. The molecular weight excluding hydrogens is 452 g/mol. The van der Waals surface area contributed by atoms with Crippen molar-refractivity contribution in [2.24, 2.45) is 0 Å². The summed E-state index contributed by atoms with van der Waals surface area (Å²) in [5.41, 5.74) is 2.28. The Kier molecular flexibility index (Phi) is 6.38. The van der Waals surface area contributed by atoms with Gasteiger partial charge in [0.1, 0.15) is 0 Å². The van der Waals surface area contributed by atoms with Crippen LogP contribution < -0.4 is 19.1 Å². The molecule has 3 aromatic rings. The Morgan fingerprint density at radius 1 is 1.22 bits per heavy atom. The zero-order valence-electron chi connectivity index (χ0n) is 18.0. The molecule has 0 N–H and O–H groups in total. The van der Waals surface area contributed by atoms with E-state index in [-0.39, 0.29) is 11.8 Å². The summed E-state index contributed by atoms with van der Waals surface area (Å²) in [7, 11) is 1.56. The molecule has 0 fully saturated rings. The van der Waals surface area contributed by atoms with Crippen molar-refractivity contribution in [3.63, 3.8) is 0 Å². The molecule has 0 bridgehead atoms. The summed E-state index contributed by atoms with van der Waals surface area (Å²) in [6, 6.07) is 10.6. The lowest BCUT2D eigenvalue weighted by Gasteiger charge is -2.30. The van der Waals surface area contributed by atoms with E-state index in [0.717, 1.165) is 0 Å². The maximum Gasteiger partial charge on any atom is 0.247 e. The molecule has 0 saturated carbocycles. The highest BCUT2D eigenvalue weighted by molar-refractivity contribution is 7.98. The molecule has 1 amide bonds. The number of rotatable bonds is 5. The van der Waals surface area contributed by atoms with Crippen molar-refractivity contribution in [1.29, 1.82) is 0 Å². The van der Waals surface area contributed by atoms with Crippen LogP contribution in [0.2, 0.25) is 5.02 Å². The van der Waals surface area contributed by atoms with Gasteiger partial charge >= 0.3 is 0 Å². The topological polar surface area (TPSA) is 86.7 Å². The van der Waals surface area contributed by atoms with Gasteiger partial charge in [0.2, 0.25) is 23.2 Å². The maximum absolute atomic E-state index is 12.9. The number of benzene rings is 2. The third-order valence-corrected chi connectivity index (χ3v) is 5.63. The quantitative estimate of drug-likeness (QED) is 0.491. The van der Waals surface area contributed by atoms with Gasteiger partial charge in [-0.3, -0.25) is 9.69 Å². The Morgan fingerprint density at radius 2 is 2.03 bits per heavy atom. The smallest absolute Gasteiger partial charge is 0.247 e. The second-order valence-corrected chi connectivity index (χ2v) is 8.03. The number of aromatic nitrogens is 3. The number of nitrogens with zero attached hydrogens (tertiary/aromatic N) is 4. The molecule has 1 atom stereocenters. The van der Waals surface area contributed by atoms with E-state index in [9.17, 15) is 4.79 Å². The molecule has 2 heterocycles. The standard InChI is InChI=1S/C22H21ClN4O4S/c1-5-30-17-9-6-13(10-18(17)29-3)21-27(12(2)28)16-8-7-14(23)11-15(16)19-20(31-21)24-22(32-4)26-25-19/h6-11,21H,5H2,1-4H3/t21-/m1/s1. The summed E-state index contributed by atoms with van der Waals surface area (Å²) in [5.74, 6) is 1.16. The van der Waals surface area contributed by atoms with Gasteiger partial charge < -0.3 is 14.2 Å². The SMILES string of the molecule is CCOc1ccc([C@H]2Oc3nc(SC)nnc3-c3cc(Cl)ccc3N2C(C)=O)cc1OC. The van der Waals surface area contributed by atoms with Crippen LogP contribution in [-0.4, -0.2) is 41.1 Å². The minimum absolute atomic E-state index is 0.225. The zero-order chi connectivity index (χ0) is 22.8. The van der Waals surface area contributed by atoms with Crippen molar-refractivity contribution in [2.75, 3.05) is 24.9 Å². The number of halogens is 1. The fourth-order valence-electron chi connectivity index (χ4n) is 3.49. The van der Waals surface area contributed by atoms with E-state index in [2.05, 4.69) is 15.2 Å². The minimum atomic E-state index is -0.829. The van der Waals surface area contributed by atoms with Crippen LogP contribution >= 0.6 is 23.4 Å². The number of thioether (sulfide) groups is 1. The van der Waals surface area contributed by atoms with E-state index >= 15 is 0 Å². The highest BCUT2D eigenvalue weighted by Gasteiger charge is 2.35. The second kappa shape index (κ2) is 9.22. The molecule has 32 heavy (non-hydrogen) atoms. The molecule has 0 unspecified atom stereocenters. The van der Waals surface area contributed by atoms with Crippen molar-refractivity contribution in [1.82, 2.24) is 15.2 Å². The summed E-state index contributed by atoms with van der Waals surface area (Å²) in [4.78, 5) is 18.9. The molecule has 1 aliphatic heterocycles. The lowest BCUT2D eigenvalue weighted by Crippen LogP contribution is -2.36. The average molecular weight is 473 g/mol. The molecule has 0 radical (unpaired) electrons. The number of amides is 1. The third-order valence-electron chi connectivity index (χ3n) is 4.86. The van der Waals surface area contributed by atoms with Crippen LogP contribution in [0.4, 0.5) is 5.69 Å². The Labute approximate surface area is 194 Å². The Morgan fingerprint density at radius 3 is 2.72 bits per heavy atom. The lowest BCUT2D eigenvalue weighted by atomic mass is 10.1. The van der Waals surface area contributed by atoms with Crippen LogP contribution in [0, 0.1) is 0 Å². The highest BCUT2D eigenvalue weighted by atomic mass is 35.5. The summed E-state index contributed by atoms with van der Waals surface area (Å²) in [6.45, 7) is 3.87. The minimum Gasteiger partial charge on any atom is -0.493 e. The second-order valence-electron chi connectivity index (χ2n) is 6.82. The van der Waals surface area contributed by atoms with Gasteiger partial charge in [0.15, 0.2) is 17.2 Å². The van der Waals surface area contributed by atoms with Gasteiger partial charge in [-0.15, -0.1) is 10.2 Å². The number of methoxy groups -OCH3 is 1. The van der Waals surface area contributed by atoms with E-state index in [1.807, 2.05) is 19.2 Å². The van der Waals surface area contributed by atoms with Gasteiger partial charge in [-0.25, -0.2) is 0 Å². The van der Waals surface area contributed by atoms with Crippen molar-refractivity contribution in [3.8, 4) is 28.6 Å². The fraction of sp³-hybridized carbons (Fsp3) is 0.273. The molecule has 4 rings (SSSR count). The van der Waals surface area contributed by atoms with Crippen LogP contribution in [0.15, 0.2) is 41.6 Å². The van der Waals surface area contributed by atoms with Gasteiger partial charge in [0.05, 0.1) is 19.4 Å². The molecule has 1 aromatic heterocycles. The van der Waals surface area contributed by atoms with Crippen molar-refractivity contribution >= 4 is 35.0 Å². The van der Waals surface area contributed by atoms with Crippen LogP contribution in [0.25, 0.3) is 11.3 Å². The van der Waals surface area contributed by atoms with Crippen molar-refractivity contribution in [3.05, 3.63) is 47.0 Å². The van der Waals surface area contributed by atoms with Gasteiger partial charge in [0.25, 0.3) is 0 Å². The summed E-state index contributed by atoms with van der Waals surface area (Å²) in [5, 5.41) is 9.42. The number of hydrogen-bond donors (Lipinski definition) is 0. The van der Waals surface area contributed by atoms with Crippen molar-refractivity contribution < 1.29 is 19.0 Å². The molecule has 166 valence electrons. The summed E-state index contributed by atoms with van der Waals surface area (Å²) < 4.78 is 17.5. The number of hydrogen-bond acceptors (Lipinski definition) is 8. The van der Waals surface area contributed by atoms with Gasteiger partial charge in [0, 0.05) is 23.1 Å². The Hall–Kier alpha value is -3.04. The van der Waals surface area contributed by atoms with E-state index in [1.165, 1.54) is 18.7 Å². The first kappa shape index (κ1) is 22.2. The molecule has 2 aromatic carbocycles. The van der Waals surface area contributed by atoms with Crippen LogP contribution in [0.5, 0.6) is 17.4 Å². The van der Waals surface area contributed by atoms with E-state index in [0.29, 0.717) is 50.8 Å². The predicted molar refractivity (Wildman–Crippen MR) is 123 cm³/mol. The largest absolute Gasteiger partial charge is 0.493 e. The van der Waals surface area contributed by atoms with Gasteiger partial charge in [-0.05, 0) is 49.6 Å². The normalized spacial score (nSPS) is 14.7. The van der Waals surface area contributed by atoms with Gasteiger partial charge in [-0.2, -0.15) is 4.98 Å². The first-order chi connectivity index (χ1) is 15.5. The van der Waals surface area contributed by atoms with Gasteiger partial charge in [-0.1, -0.05) is 23.4 Å². The van der Waals surface area contributed by atoms with E-state index in [4.69, 9.17) is 25.8 Å². The first-order valence-electron chi connectivity index (χ1n) is 9.82. The average Bonchev–Trinajstić information content (AvgIpc) is 2.93. The van der Waals surface area contributed by atoms with E-state index in [1.54, 1.807) is 42.3 Å². The van der Waals surface area contributed by atoms with Crippen molar-refractivity contribution in [2.45, 2.75) is 25.2 Å². The molecule has 0 spiro atoms. The predicted octanol–water partition coefficient (Wildman–Crippen LogP) is 4.77. The zero-order valence-corrected chi connectivity index (χ0v) is 19.5. The highest BCUT2D eigenvalue weighted by Crippen LogP contribution is 2.45. The fourth-order valence-corrected chi connectivity index (χ4v) is 3.96. The summed E-state index contributed by atoms with van der Waals surface area (Å²) >= 11 is 7.62. The Balaban J connectivity index is 1.94. The summed E-state index contributed by atoms with van der Waals surface area (Å²) in [6.07, 6.45) is 1.02. The maximum atomic E-state index is 12.9. The molecule has 1 aliphatic rings. The molecule has 10 heteroatoms. The van der Waals surface area contributed by atoms with Crippen LogP contribution in [0.3, 0.4) is 0 Å². The number of anilines is 1. The lowest BCUT2D eigenvalue weighted by molar-refractivity contribution is -0.118. The van der Waals surface area contributed by atoms with Crippen LogP contribution in [-0.2, 0) is 4.79 Å². The monoisotopic (exact) mass is 472 g/mol. The number of fused-ring (bicyclic) bond motifs is 3. The first-order valence-corrected chi connectivity index (χ1v) is 11.4. The number of carbonyl (C=O) groups is 1. The number of carbonyl (C=O) groups excluding carboxylic acids is 1. The number of ether oxygens (including phenoxy) is 3.